The zero-order chi connectivity index (χ0) is 26.2. The quantitative estimate of drug-likeness (QED) is 0.270. The Labute approximate surface area is 214 Å². The lowest BCUT2D eigenvalue weighted by Gasteiger charge is -2.33. The van der Waals surface area contributed by atoms with Crippen molar-refractivity contribution in [2.24, 2.45) is 5.41 Å². The third-order valence-electron chi connectivity index (χ3n) is 6.38. The number of anilines is 1. The fourth-order valence-corrected chi connectivity index (χ4v) is 4.96. The van der Waals surface area contributed by atoms with Gasteiger partial charge in [-0.05, 0) is 47.5 Å². The lowest BCUT2D eigenvalue weighted by molar-refractivity contribution is -0.137. The van der Waals surface area contributed by atoms with Gasteiger partial charge in [0.25, 0.3) is 0 Å². The molecule has 0 aliphatic rings. The van der Waals surface area contributed by atoms with Gasteiger partial charge in [0.15, 0.2) is 0 Å². The Morgan fingerprint density at radius 2 is 1.70 bits per heavy atom. The molecule has 10 heteroatoms. The highest BCUT2D eigenvalue weighted by molar-refractivity contribution is 7.13. The van der Waals surface area contributed by atoms with E-state index >= 15 is 0 Å². The van der Waals surface area contributed by atoms with E-state index in [-0.39, 0.29) is 11.8 Å². The Hall–Kier alpha value is -4.05. The van der Waals surface area contributed by atoms with Gasteiger partial charge in [0.05, 0.1) is 28.4 Å². The first-order chi connectivity index (χ1) is 17.6. The minimum absolute atomic E-state index is 0.196. The van der Waals surface area contributed by atoms with Crippen LogP contribution in [0.4, 0.5) is 18.3 Å². The maximum absolute atomic E-state index is 13.4. The van der Waals surface area contributed by atoms with Crippen LogP contribution in [0.1, 0.15) is 36.5 Å². The van der Waals surface area contributed by atoms with Crippen molar-refractivity contribution in [2.75, 3.05) is 5.32 Å². The van der Waals surface area contributed by atoms with Crippen molar-refractivity contribution in [3.8, 4) is 5.69 Å². The summed E-state index contributed by atoms with van der Waals surface area (Å²) in [5, 5.41) is 16.2. The van der Waals surface area contributed by atoms with Gasteiger partial charge in [-0.1, -0.05) is 61.6 Å². The van der Waals surface area contributed by atoms with Crippen LogP contribution in [-0.4, -0.2) is 25.9 Å². The molecule has 1 atom stereocenters. The van der Waals surface area contributed by atoms with Crippen molar-refractivity contribution in [3.63, 3.8) is 0 Å². The summed E-state index contributed by atoms with van der Waals surface area (Å²) in [6.07, 6.45) is -2.73. The Morgan fingerprint density at radius 1 is 0.973 bits per heavy atom. The van der Waals surface area contributed by atoms with E-state index in [0.717, 1.165) is 34.2 Å². The predicted molar refractivity (Wildman–Crippen MR) is 137 cm³/mol. The average molecular weight is 522 g/mol. The van der Waals surface area contributed by atoms with Crippen LogP contribution in [0.15, 0.2) is 84.5 Å². The molecular formula is C27H22F3N5OS. The molecule has 0 saturated heterocycles. The first-order valence-electron chi connectivity index (χ1n) is 11.4. The summed E-state index contributed by atoms with van der Waals surface area (Å²) in [6, 6.07) is 20.4. The summed E-state index contributed by atoms with van der Waals surface area (Å²) in [6.45, 7) is 3.77. The fourth-order valence-electron chi connectivity index (χ4n) is 4.52. The standard InChI is InChI=1S/C27H22F3N5OS/c1-26(2,24(36)33-25-34-31-16-37-25)23(17-6-4-3-5-7-17)18-8-13-22-19(14-18)15-32-35(22)21-11-9-20(10-12-21)27(28,29)30/h3-16,23H,1-2H3,(H,33,34,36). The highest BCUT2D eigenvalue weighted by atomic mass is 32.1. The molecule has 0 fully saturated rings. The molecule has 0 spiro atoms. The van der Waals surface area contributed by atoms with E-state index in [1.807, 2.05) is 62.4 Å². The summed E-state index contributed by atoms with van der Waals surface area (Å²) in [5.74, 6) is -0.501. The molecular weight excluding hydrogens is 499 g/mol. The van der Waals surface area contributed by atoms with Crippen LogP contribution < -0.4 is 5.32 Å². The van der Waals surface area contributed by atoms with Crippen LogP contribution in [0.5, 0.6) is 0 Å². The number of hydrogen-bond donors (Lipinski definition) is 1. The molecule has 1 N–H and O–H groups in total. The molecule has 37 heavy (non-hydrogen) atoms. The fraction of sp³-hybridized carbons (Fsp3) is 0.185. The van der Waals surface area contributed by atoms with Crippen molar-refractivity contribution in [1.29, 1.82) is 0 Å². The van der Waals surface area contributed by atoms with Crippen LogP contribution in [-0.2, 0) is 11.0 Å². The van der Waals surface area contributed by atoms with Crippen LogP contribution in [0.25, 0.3) is 16.6 Å². The SMILES string of the molecule is CC(C)(C(=O)Nc1nncs1)C(c1ccccc1)c1ccc2c(cnn2-c2ccc(C(F)(F)F)cc2)c1. The van der Waals surface area contributed by atoms with Crippen molar-refractivity contribution < 1.29 is 18.0 Å². The molecule has 2 aromatic heterocycles. The number of halogens is 3. The van der Waals surface area contributed by atoms with E-state index in [2.05, 4.69) is 20.6 Å². The molecule has 6 nitrogen and oxygen atoms in total. The number of carbonyl (C=O) groups is 1. The van der Waals surface area contributed by atoms with Crippen LogP contribution >= 0.6 is 11.3 Å². The normalized spacial score (nSPS) is 13.0. The lowest BCUT2D eigenvalue weighted by Crippen LogP contribution is -2.37. The van der Waals surface area contributed by atoms with Gasteiger partial charge in [-0.25, -0.2) is 4.68 Å². The topological polar surface area (TPSA) is 72.7 Å². The molecule has 0 bridgehead atoms. The molecule has 0 aliphatic heterocycles. The van der Waals surface area contributed by atoms with Crippen LogP contribution in [0, 0.1) is 5.41 Å². The van der Waals surface area contributed by atoms with Crippen molar-refractivity contribution >= 4 is 33.3 Å². The minimum atomic E-state index is -4.40. The highest BCUT2D eigenvalue weighted by Crippen LogP contribution is 2.43. The lowest BCUT2D eigenvalue weighted by atomic mass is 9.70. The zero-order valence-corrected chi connectivity index (χ0v) is 20.7. The number of nitrogens with zero attached hydrogens (tertiary/aromatic N) is 4. The monoisotopic (exact) mass is 521 g/mol. The molecule has 3 aromatic carbocycles. The molecule has 5 rings (SSSR count). The molecule has 0 radical (unpaired) electrons. The van der Waals surface area contributed by atoms with Crippen LogP contribution in [0.3, 0.4) is 0 Å². The summed E-state index contributed by atoms with van der Waals surface area (Å²) in [7, 11) is 0. The second kappa shape index (κ2) is 9.44. The predicted octanol–water partition coefficient (Wildman–Crippen LogP) is 6.69. The maximum Gasteiger partial charge on any atom is 0.416 e. The second-order valence-corrected chi connectivity index (χ2v) is 10.0. The molecule has 5 aromatic rings. The number of aromatic nitrogens is 4. The Kier molecular flexibility index (Phi) is 6.28. The van der Waals surface area contributed by atoms with Gasteiger partial charge in [-0.15, -0.1) is 10.2 Å². The van der Waals surface area contributed by atoms with E-state index in [1.54, 1.807) is 16.4 Å². The van der Waals surface area contributed by atoms with Gasteiger partial charge >= 0.3 is 6.18 Å². The Balaban J connectivity index is 1.53. The smallest absolute Gasteiger partial charge is 0.300 e. The van der Waals surface area contributed by atoms with Crippen LogP contribution in [0.2, 0.25) is 0 Å². The molecule has 0 saturated carbocycles. The number of carbonyl (C=O) groups excluding carboxylic acids is 1. The van der Waals surface area contributed by atoms with Gasteiger partial charge in [-0.2, -0.15) is 18.3 Å². The average Bonchev–Trinajstić information content (AvgIpc) is 3.54. The van der Waals surface area contributed by atoms with Gasteiger partial charge in [-0.3, -0.25) is 4.79 Å². The van der Waals surface area contributed by atoms with E-state index in [1.165, 1.54) is 23.5 Å². The largest absolute Gasteiger partial charge is 0.416 e. The van der Waals surface area contributed by atoms with Crippen molar-refractivity contribution in [1.82, 2.24) is 20.0 Å². The third-order valence-corrected chi connectivity index (χ3v) is 6.99. The molecule has 1 amide bonds. The number of fused-ring (bicyclic) bond motifs is 1. The minimum Gasteiger partial charge on any atom is -0.300 e. The molecule has 2 heterocycles. The maximum atomic E-state index is 13.4. The van der Waals surface area contributed by atoms with E-state index in [0.29, 0.717) is 10.8 Å². The first-order valence-corrected chi connectivity index (χ1v) is 12.3. The highest BCUT2D eigenvalue weighted by Gasteiger charge is 2.39. The number of rotatable bonds is 6. The van der Waals surface area contributed by atoms with Gasteiger partial charge in [0, 0.05) is 11.3 Å². The Morgan fingerprint density at radius 3 is 2.35 bits per heavy atom. The number of nitrogens with one attached hydrogen (secondary N) is 1. The third kappa shape index (κ3) is 4.84. The van der Waals surface area contributed by atoms with Gasteiger partial charge in [0.2, 0.25) is 11.0 Å². The number of benzene rings is 3. The first kappa shape index (κ1) is 24.6. The summed E-state index contributed by atoms with van der Waals surface area (Å²) in [4.78, 5) is 13.4. The number of alkyl halides is 3. The van der Waals surface area contributed by atoms with E-state index in [9.17, 15) is 18.0 Å². The zero-order valence-electron chi connectivity index (χ0n) is 19.9. The van der Waals surface area contributed by atoms with Gasteiger partial charge < -0.3 is 5.32 Å². The van der Waals surface area contributed by atoms with Crippen molar-refractivity contribution in [2.45, 2.75) is 25.9 Å². The molecule has 188 valence electrons. The second-order valence-electron chi connectivity index (χ2n) is 9.18. The van der Waals surface area contributed by atoms with Crippen molar-refractivity contribution in [3.05, 3.63) is 101 Å². The molecule has 0 aliphatic carbocycles. The Bertz CT molecular complexity index is 1530. The summed E-state index contributed by atoms with van der Waals surface area (Å²) in [5.41, 5.74) is 3.11. The number of hydrogen-bond acceptors (Lipinski definition) is 5. The number of amides is 1. The molecule has 1 unspecified atom stereocenters. The summed E-state index contributed by atoms with van der Waals surface area (Å²) >= 11 is 1.25. The van der Waals surface area contributed by atoms with E-state index in [4.69, 9.17) is 0 Å². The van der Waals surface area contributed by atoms with Gasteiger partial charge in [0.1, 0.15) is 5.51 Å². The van der Waals surface area contributed by atoms with E-state index < -0.39 is 17.2 Å². The summed E-state index contributed by atoms with van der Waals surface area (Å²) < 4.78 is 40.5.